The van der Waals surface area contributed by atoms with Crippen molar-refractivity contribution in [1.29, 1.82) is 0 Å². The molecule has 0 aliphatic carbocycles. The summed E-state index contributed by atoms with van der Waals surface area (Å²) in [6, 6.07) is 18.1. The maximum atomic E-state index is 12.7. The van der Waals surface area contributed by atoms with E-state index in [4.69, 9.17) is 4.74 Å². The van der Waals surface area contributed by atoms with Gasteiger partial charge in [-0.2, -0.15) is 0 Å². The molecule has 1 aromatic heterocycles. The summed E-state index contributed by atoms with van der Waals surface area (Å²) in [6.07, 6.45) is 1.39. The topological polar surface area (TPSA) is 80.3 Å². The summed E-state index contributed by atoms with van der Waals surface area (Å²) in [4.78, 5) is 30.1. The van der Waals surface area contributed by atoms with Gasteiger partial charge in [-0.1, -0.05) is 60.7 Å². The van der Waals surface area contributed by atoms with Crippen LogP contribution in [0.2, 0.25) is 0 Å². The molecule has 2 N–H and O–H groups in total. The first-order chi connectivity index (χ1) is 13.6. The summed E-state index contributed by atoms with van der Waals surface area (Å²) in [6.45, 7) is 2.05. The number of amides is 2. The largest absolute Gasteiger partial charge is 0.445 e. The van der Waals surface area contributed by atoms with E-state index >= 15 is 0 Å². The Hall–Kier alpha value is -3.19. The first-order valence-corrected chi connectivity index (χ1v) is 9.66. The third-order valence-corrected chi connectivity index (χ3v) is 4.78. The van der Waals surface area contributed by atoms with Gasteiger partial charge in [0.05, 0.1) is 0 Å². The van der Waals surface area contributed by atoms with Gasteiger partial charge in [-0.25, -0.2) is 9.78 Å². The van der Waals surface area contributed by atoms with E-state index in [1.54, 1.807) is 6.20 Å². The van der Waals surface area contributed by atoms with Crippen molar-refractivity contribution in [2.24, 2.45) is 0 Å². The lowest BCUT2D eigenvalue weighted by Gasteiger charge is -2.18. The van der Waals surface area contributed by atoms with Crippen LogP contribution in [-0.2, 0) is 22.6 Å². The molecule has 1 unspecified atom stereocenters. The van der Waals surface area contributed by atoms with Gasteiger partial charge in [0.1, 0.15) is 12.6 Å². The van der Waals surface area contributed by atoms with Crippen molar-refractivity contribution in [1.82, 2.24) is 10.3 Å². The predicted molar refractivity (Wildman–Crippen MR) is 109 cm³/mol. The summed E-state index contributed by atoms with van der Waals surface area (Å²) < 4.78 is 5.26. The molecule has 0 aliphatic rings. The van der Waals surface area contributed by atoms with Gasteiger partial charge in [-0.15, -0.1) is 11.3 Å². The highest BCUT2D eigenvalue weighted by Crippen LogP contribution is 2.17. The fraction of sp³-hybridized carbons (Fsp3) is 0.190. The minimum Gasteiger partial charge on any atom is -0.445 e. The SMILES string of the molecule is Cc1cnc(NC(=O)C(Cc2ccccc2)NC(=O)OCc2ccccc2)s1. The maximum Gasteiger partial charge on any atom is 0.408 e. The van der Waals surface area contributed by atoms with E-state index in [2.05, 4.69) is 15.6 Å². The fourth-order valence-electron chi connectivity index (χ4n) is 2.57. The van der Waals surface area contributed by atoms with E-state index in [0.717, 1.165) is 16.0 Å². The lowest BCUT2D eigenvalue weighted by molar-refractivity contribution is -0.118. The number of hydrogen-bond acceptors (Lipinski definition) is 5. The van der Waals surface area contributed by atoms with Gasteiger partial charge in [0.25, 0.3) is 0 Å². The number of hydrogen-bond donors (Lipinski definition) is 2. The van der Waals surface area contributed by atoms with Gasteiger partial charge in [0.2, 0.25) is 5.91 Å². The van der Waals surface area contributed by atoms with Crippen molar-refractivity contribution >= 4 is 28.5 Å². The third kappa shape index (κ3) is 5.92. The fourth-order valence-corrected chi connectivity index (χ4v) is 3.24. The molecular weight excluding hydrogens is 374 g/mol. The molecule has 1 atom stereocenters. The van der Waals surface area contributed by atoms with Crippen molar-refractivity contribution in [3.8, 4) is 0 Å². The molecule has 0 aliphatic heterocycles. The van der Waals surface area contributed by atoms with Crippen LogP contribution in [0, 0.1) is 6.92 Å². The number of anilines is 1. The molecule has 3 rings (SSSR count). The van der Waals surface area contributed by atoms with E-state index in [1.807, 2.05) is 67.6 Å². The van der Waals surface area contributed by atoms with E-state index in [9.17, 15) is 9.59 Å². The lowest BCUT2D eigenvalue weighted by atomic mass is 10.1. The summed E-state index contributed by atoms with van der Waals surface area (Å²) in [5.74, 6) is -0.338. The number of nitrogens with zero attached hydrogens (tertiary/aromatic N) is 1. The number of carbonyl (C=O) groups is 2. The molecule has 0 radical (unpaired) electrons. The van der Waals surface area contributed by atoms with Gasteiger partial charge < -0.3 is 15.4 Å². The Kier molecular flexibility index (Phi) is 6.75. The smallest absolute Gasteiger partial charge is 0.408 e. The van der Waals surface area contributed by atoms with Crippen molar-refractivity contribution in [3.05, 3.63) is 82.9 Å². The molecule has 0 bridgehead atoms. The second-order valence-corrected chi connectivity index (χ2v) is 7.45. The Balaban J connectivity index is 1.64. The Morgan fingerprint density at radius 2 is 1.68 bits per heavy atom. The van der Waals surface area contributed by atoms with Crippen molar-refractivity contribution in [3.63, 3.8) is 0 Å². The van der Waals surface area contributed by atoms with Crippen LogP contribution in [0.3, 0.4) is 0 Å². The molecule has 0 fully saturated rings. The van der Waals surface area contributed by atoms with Gasteiger partial charge in [0.15, 0.2) is 5.13 Å². The van der Waals surface area contributed by atoms with Crippen molar-refractivity contribution in [2.75, 3.05) is 5.32 Å². The van der Waals surface area contributed by atoms with Crippen LogP contribution in [0.25, 0.3) is 0 Å². The van der Waals surface area contributed by atoms with Crippen LogP contribution in [0.1, 0.15) is 16.0 Å². The number of carbonyl (C=O) groups excluding carboxylic acids is 2. The molecule has 0 saturated heterocycles. The van der Waals surface area contributed by atoms with Gasteiger partial charge in [-0.05, 0) is 18.1 Å². The molecule has 7 heteroatoms. The highest BCUT2D eigenvalue weighted by Gasteiger charge is 2.23. The highest BCUT2D eigenvalue weighted by atomic mass is 32.1. The quantitative estimate of drug-likeness (QED) is 0.635. The van der Waals surface area contributed by atoms with Crippen LogP contribution in [0.4, 0.5) is 9.93 Å². The first-order valence-electron chi connectivity index (χ1n) is 8.84. The van der Waals surface area contributed by atoms with Gasteiger partial charge in [-0.3, -0.25) is 4.79 Å². The number of alkyl carbamates (subject to hydrolysis) is 1. The molecule has 28 heavy (non-hydrogen) atoms. The predicted octanol–water partition coefficient (Wildman–Crippen LogP) is 3.93. The summed E-state index contributed by atoms with van der Waals surface area (Å²) in [5.41, 5.74) is 1.81. The number of rotatable bonds is 7. The van der Waals surface area contributed by atoms with Gasteiger partial charge in [0, 0.05) is 17.5 Å². The minimum atomic E-state index is -0.783. The molecule has 2 aromatic carbocycles. The monoisotopic (exact) mass is 395 g/mol. The maximum absolute atomic E-state index is 12.7. The van der Waals surface area contributed by atoms with E-state index < -0.39 is 12.1 Å². The average Bonchev–Trinajstić information content (AvgIpc) is 3.12. The zero-order valence-corrected chi connectivity index (χ0v) is 16.2. The summed E-state index contributed by atoms with van der Waals surface area (Å²) in [5, 5.41) is 5.93. The Morgan fingerprint density at radius 3 is 2.29 bits per heavy atom. The van der Waals surface area contributed by atoms with E-state index in [-0.39, 0.29) is 12.5 Å². The molecule has 0 spiro atoms. The van der Waals surface area contributed by atoms with E-state index in [0.29, 0.717) is 11.6 Å². The third-order valence-electron chi connectivity index (χ3n) is 3.96. The average molecular weight is 395 g/mol. The molecule has 2 amide bonds. The second-order valence-electron chi connectivity index (χ2n) is 6.21. The molecule has 144 valence electrons. The molecular formula is C21H21N3O3S. The number of thiazole rings is 1. The van der Waals surface area contributed by atoms with Crippen LogP contribution < -0.4 is 10.6 Å². The zero-order chi connectivity index (χ0) is 19.8. The minimum absolute atomic E-state index is 0.137. The number of aromatic nitrogens is 1. The van der Waals surface area contributed by atoms with Crippen molar-refractivity contribution in [2.45, 2.75) is 26.0 Å². The first kappa shape index (κ1) is 19.6. The van der Waals surface area contributed by atoms with Gasteiger partial charge >= 0.3 is 6.09 Å². The zero-order valence-electron chi connectivity index (χ0n) is 15.4. The number of nitrogens with one attached hydrogen (secondary N) is 2. The second kappa shape index (κ2) is 9.66. The Labute approximate surface area is 167 Å². The standard InChI is InChI=1S/C21H21N3O3S/c1-15-13-22-20(28-15)24-19(25)18(12-16-8-4-2-5-9-16)23-21(26)27-14-17-10-6-3-7-11-17/h2-11,13,18H,12,14H2,1H3,(H,23,26)(H,22,24,25). The summed E-state index contributed by atoms with van der Waals surface area (Å²) in [7, 11) is 0. The van der Waals surface area contributed by atoms with Crippen LogP contribution >= 0.6 is 11.3 Å². The molecule has 0 saturated carbocycles. The van der Waals surface area contributed by atoms with Crippen molar-refractivity contribution < 1.29 is 14.3 Å². The lowest BCUT2D eigenvalue weighted by Crippen LogP contribution is -2.45. The van der Waals surface area contributed by atoms with Crippen LogP contribution in [0.15, 0.2) is 66.9 Å². The molecule has 1 heterocycles. The number of benzene rings is 2. The summed E-state index contributed by atoms with van der Waals surface area (Å²) >= 11 is 1.38. The Bertz CT molecular complexity index is 913. The normalized spacial score (nSPS) is 11.5. The molecule has 6 nitrogen and oxygen atoms in total. The van der Waals surface area contributed by atoms with E-state index in [1.165, 1.54) is 11.3 Å². The molecule has 3 aromatic rings. The number of aryl methyl sites for hydroxylation is 1. The highest BCUT2D eigenvalue weighted by molar-refractivity contribution is 7.15. The Morgan fingerprint density at radius 1 is 1.04 bits per heavy atom. The number of ether oxygens (including phenoxy) is 1. The van der Waals surface area contributed by atoms with Crippen LogP contribution in [-0.4, -0.2) is 23.0 Å². The van der Waals surface area contributed by atoms with Crippen LogP contribution in [0.5, 0.6) is 0 Å².